The molecule has 1 aliphatic heterocycles. The highest BCUT2D eigenvalue weighted by Crippen LogP contribution is 2.40. The van der Waals surface area contributed by atoms with E-state index in [9.17, 15) is 14.0 Å². The van der Waals surface area contributed by atoms with Gasteiger partial charge in [0.15, 0.2) is 0 Å². The minimum atomic E-state index is -0.510. The number of aromatic nitrogens is 3. The van der Waals surface area contributed by atoms with Crippen LogP contribution in [0.3, 0.4) is 0 Å². The largest absolute Gasteiger partial charge is 0.382 e. The smallest absolute Gasteiger partial charge is 0.149 e. The number of pyridine rings is 1. The molecule has 0 spiro atoms. The number of anilines is 5. The number of nitrogens with zero attached hydrogens (tertiary/aromatic N) is 5. The van der Waals surface area contributed by atoms with Crippen molar-refractivity contribution < 1.29 is 8.78 Å². The van der Waals surface area contributed by atoms with Crippen LogP contribution in [0.4, 0.5) is 37.5 Å². The van der Waals surface area contributed by atoms with E-state index in [1.807, 2.05) is 19.9 Å². The first-order valence-electron chi connectivity index (χ1n) is 9.60. The quantitative estimate of drug-likeness (QED) is 0.528. The van der Waals surface area contributed by atoms with Crippen LogP contribution in [-0.4, -0.2) is 27.7 Å². The molecule has 0 amide bonds. The molecule has 1 aromatic carbocycles. The summed E-state index contributed by atoms with van der Waals surface area (Å²) in [5, 5.41) is 15.5. The van der Waals surface area contributed by atoms with E-state index in [4.69, 9.17) is 5.73 Å². The topological polar surface area (TPSA) is 116 Å². The lowest BCUT2D eigenvalue weighted by atomic mass is 10.2. The fourth-order valence-electron chi connectivity index (χ4n) is 3.07. The van der Waals surface area contributed by atoms with Crippen molar-refractivity contribution in [2.45, 2.75) is 20.0 Å². The Bertz CT molecular complexity index is 1130. The first kappa shape index (κ1) is 23.8. The molecule has 3 aromatic rings. The number of nitrogens with one attached hydrogen (secondary N) is 2. The van der Waals surface area contributed by atoms with Crippen molar-refractivity contribution in [3.05, 3.63) is 60.2 Å². The number of nitrogens with two attached hydrogens (primary N) is 1. The first-order valence-corrected chi connectivity index (χ1v) is 9.60. The van der Waals surface area contributed by atoms with E-state index >= 15 is 0 Å². The molecule has 0 fully saturated rings. The highest BCUT2D eigenvalue weighted by atomic mass is 19.1. The van der Waals surface area contributed by atoms with Gasteiger partial charge in [0, 0.05) is 6.07 Å². The zero-order valence-electron chi connectivity index (χ0n) is 17.5. The molecule has 0 bridgehead atoms. The van der Waals surface area contributed by atoms with E-state index in [0.29, 0.717) is 17.1 Å². The Labute approximate surface area is 185 Å². The van der Waals surface area contributed by atoms with Crippen molar-refractivity contribution in [3.8, 4) is 18.9 Å². The van der Waals surface area contributed by atoms with Gasteiger partial charge in [-0.3, -0.25) is 4.98 Å². The van der Waals surface area contributed by atoms with Crippen LogP contribution in [-0.2, 0) is 0 Å². The van der Waals surface area contributed by atoms with Crippen LogP contribution < -0.4 is 21.3 Å². The molecule has 10 heteroatoms. The molecule has 0 radical (unpaired) electrons. The van der Waals surface area contributed by atoms with E-state index in [0.717, 1.165) is 6.20 Å². The average molecular weight is 436 g/mol. The number of nitrogen functional groups attached to an aromatic ring is 1. The van der Waals surface area contributed by atoms with Gasteiger partial charge in [-0.05, 0) is 18.2 Å². The number of fused-ring (bicyclic) bond motifs is 1. The van der Waals surface area contributed by atoms with E-state index < -0.39 is 17.8 Å². The number of benzene rings is 1. The minimum absolute atomic E-state index is 0.0657. The Balaban J connectivity index is 0.000000860. The number of hydrogen-bond donors (Lipinski definition) is 3. The van der Waals surface area contributed by atoms with Crippen LogP contribution in [0.1, 0.15) is 19.4 Å². The van der Waals surface area contributed by atoms with Gasteiger partial charge in [0.05, 0.1) is 36.0 Å². The highest BCUT2D eigenvalue weighted by molar-refractivity contribution is 5.82. The van der Waals surface area contributed by atoms with Gasteiger partial charge in [-0.15, -0.1) is 12.8 Å². The molecule has 0 saturated carbocycles. The molecular formula is C22H22F2N8. The number of terminal acetylenes is 1. The third kappa shape index (κ3) is 4.99. The van der Waals surface area contributed by atoms with Crippen LogP contribution in [0, 0.1) is 35.8 Å². The van der Waals surface area contributed by atoms with Gasteiger partial charge in [0.2, 0.25) is 0 Å². The summed E-state index contributed by atoms with van der Waals surface area (Å²) in [7, 11) is 0. The van der Waals surface area contributed by atoms with Crippen molar-refractivity contribution in [2.24, 2.45) is 0 Å². The predicted molar refractivity (Wildman–Crippen MR) is 121 cm³/mol. The van der Waals surface area contributed by atoms with E-state index in [-0.39, 0.29) is 23.7 Å². The molecule has 32 heavy (non-hydrogen) atoms. The molecule has 4 rings (SSSR count). The summed E-state index contributed by atoms with van der Waals surface area (Å²) in [5.74, 6) is -0.588. The maximum atomic E-state index is 13.8. The molecule has 4 N–H and O–H groups in total. The molecule has 2 aromatic heterocycles. The number of hydrogen-bond acceptors (Lipinski definition) is 8. The molecule has 8 nitrogen and oxygen atoms in total. The second-order valence-electron chi connectivity index (χ2n) is 6.03. The van der Waals surface area contributed by atoms with Crippen molar-refractivity contribution in [3.63, 3.8) is 0 Å². The van der Waals surface area contributed by atoms with Gasteiger partial charge in [-0.1, -0.05) is 13.8 Å². The number of halogens is 2. The molecule has 1 atom stereocenters. The molecule has 3 heterocycles. The van der Waals surface area contributed by atoms with Crippen LogP contribution in [0.2, 0.25) is 0 Å². The van der Waals surface area contributed by atoms with Crippen molar-refractivity contribution in [1.29, 1.82) is 5.26 Å². The Morgan fingerprint density at radius 2 is 1.94 bits per heavy atom. The summed E-state index contributed by atoms with van der Waals surface area (Å²) < 4.78 is 27.6. The first-order chi connectivity index (χ1) is 15.6. The van der Waals surface area contributed by atoms with Crippen molar-refractivity contribution in [2.75, 3.05) is 27.8 Å². The van der Waals surface area contributed by atoms with Crippen LogP contribution in [0.15, 0.2) is 43.0 Å². The van der Waals surface area contributed by atoms with Crippen LogP contribution in [0.5, 0.6) is 0 Å². The summed E-state index contributed by atoms with van der Waals surface area (Å²) in [6.07, 6.45) is 11.4. The Hall–Kier alpha value is -4.44. The van der Waals surface area contributed by atoms with Gasteiger partial charge in [0.1, 0.15) is 47.4 Å². The van der Waals surface area contributed by atoms with Crippen LogP contribution >= 0.6 is 0 Å². The lowest BCUT2D eigenvalue weighted by Crippen LogP contribution is -2.38. The number of nitriles is 1. The predicted octanol–water partition coefficient (Wildman–Crippen LogP) is 3.88. The monoisotopic (exact) mass is 436 g/mol. The molecule has 1 aliphatic rings. The van der Waals surface area contributed by atoms with Gasteiger partial charge in [0.25, 0.3) is 0 Å². The van der Waals surface area contributed by atoms with Gasteiger partial charge >= 0.3 is 0 Å². The standard InChI is InChI=1S/C18H14F2N8.C2H6.C2H2/c19-10-1-2-14-15(4-10)28(12-3-11(20)6-23-7-12)16(27-14)8-24-18-13(5-21)17(22)25-9-26-18;2*1-2/h1-4,6-7,9,16,27H,8H2,(H3,22,24,25,26);1-2H3;1-2H. The van der Waals surface area contributed by atoms with E-state index in [2.05, 4.69) is 38.4 Å². The van der Waals surface area contributed by atoms with E-state index in [1.165, 1.54) is 30.7 Å². The third-order valence-corrected chi connectivity index (χ3v) is 4.27. The Kier molecular flexibility index (Phi) is 8.26. The molecule has 0 saturated heterocycles. The second kappa shape index (κ2) is 11.1. The Morgan fingerprint density at radius 1 is 1.19 bits per heavy atom. The molecule has 0 aliphatic carbocycles. The molecular weight excluding hydrogens is 414 g/mol. The third-order valence-electron chi connectivity index (χ3n) is 4.27. The number of rotatable bonds is 4. The van der Waals surface area contributed by atoms with Gasteiger partial charge < -0.3 is 21.3 Å². The maximum Gasteiger partial charge on any atom is 0.149 e. The molecule has 164 valence electrons. The average Bonchev–Trinajstić information content (AvgIpc) is 3.18. The SMILES string of the molecule is C#C.CC.N#Cc1c(N)ncnc1NCC1Nc2ccc(F)cc2N1c1cncc(F)c1. The Morgan fingerprint density at radius 3 is 2.62 bits per heavy atom. The second-order valence-corrected chi connectivity index (χ2v) is 6.03. The normalized spacial score (nSPS) is 13.3. The fourth-order valence-corrected chi connectivity index (χ4v) is 3.07. The van der Waals surface area contributed by atoms with Crippen molar-refractivity contribution in [1.82, 2.24) is 15.0 Å². The van der Waals surface area contributed by atoms with Gasteiger partial charge in [-0.2, -0.15) is 5.26 Å². The minimum Gasteiger partial charge on any atom is -0.382 e. The molecule has 1 unspecified atom stereocenters. The fraction of sp³-hybridized carbons (Fsp3) is 0.182. The lowest BCUT2D eigenvalue weighted by Gasteiger charge is -2.27. The van der Waals surface area contributed by atoms with Crippen molar-refractivity contribution >= 4 is 28.7 Å². The summed E-state index contributed by atoms with van der Waals surface area (Å²) >= 11 is 0. The maximum absolute atomic E-state index is 13.8. The lowest BCUT2D eigenvalue weighted by molar-refractivity contribution is 0.620. The van der Waals surface area contributed by atoms with Gasteiger partial charge in [-0.25, -0.2) is 18.7 Å². The summed E-state index contributed by atoms with van der Waals surface area (Å²) in [4.78, 5) is 13.4. The summed E-state index contributed by atoms with van der Waals surface area (Å²) in [6.45, 7) is 4.25. The van der Waals surface area contributed by atoms with Crippen LogP contribution in [0.25, 0.3) is 0 Å². The zero-order chi connectivity index (χ0) is 23.7. The highest BCUT2D eigenvalue weighted by Gasteiger charge is 2.31. The van der Waals surface area contributed by atoms with E-state index in [1.54, 1.807) is 11.0 Å². The summed E-state index contributed by atoms with van der Waals surface area (Å²) in [5.41, 5.74) is 7.51. The summed E-state index contributed by atoms with van der Waals surface area (Å²) in [6, 6.07) is 7.57. The zero-order valence-corrected chi connectivity index (χ0v) is 17.5.